The lowest BCUT2D eigenvalue weighted by Crippen LogP contribution is -2.39. The second-order valence-corrected chi connectivity index (χ2v) is 5.85. The number of hydrogen-bond acceptors (Lipinski definition) is 1. The van der Waals surface area contributed by atoms with Crippen LogP contribution < -0.4 is 4.90 Å². The van der Waals surface area contributed by atoms with E-state index in [1.165, 1.54) is 12.1 Å². The first-order valence-electron chi connectivity index (χ1n) is 7.48. The highest BCUT2D eigenvalue weighted by atomic mass is 19.4. The lowest BCUT2D eigenvalue weighted by Gasteiger charge is -2.28. The molecule has 1 aliphatic rings. The second kappa shape index (κ2) is 5.51. The van der Waals surface area contributed by atoms with Crippen molar-refractivity contribution in [2.45, 2.75) is 18.0 Å². The molecule has 2 nitrogen and oxygen atoms in total. The molecule has 0 fully saturated rings. The van der Waals surface area contributed by atoms with Gasteiger partial charge in [-0.1, -0.05) is 36.4 Å². The number of hydrogen-bond donors (Lipinski definition) is 0. The fourth-order valence-corrected chi connectivity index (χ4v) is 3.39. The number of carbonyl (C=O) groups is 1. The zero-order chi connectivity index (χ0) is 17.5. The molecule has 0 aliphatic carbocycles. The summed E-state index contributed by atoms with van der Waals surface area (Å²) in [4.78, 5) is 14.6. The van der Waals surface area contributed by atoms with E-state index < -0.39 is 17.2 Å². The van der Waals surface area contributed by atoms with Crippen LogP contribution in [0.5, 0.6) is 0 Å². The van der Waals surface area contributed by atoms with E-state index in [1.807, 2.05) is 24.3 Å². The maximum atomic E-state index is 13.0. The predicted molar refractivity (Wildman–Crippen MR) is 86.9 cm³/mol. The molecule has 0 saturated carbocycles. The van der Waals surface area contributed by atoms with E-state index in [-0.39, 0.29) is 5.91 Å². The smallest absolute Gasteiger partial charge is 0.314 e. The summed E-state index contributed by atoms with van der Waals surface area (Å²) in [6.45, 7) is 3.73. The number of nitrogens with zero attached hydrogens (tertiary/aromatic N) is 1. The van der Waals surface area contributed by atoms with Gasteiger partial charge >= 0.3 is 6.18 Å². The molecule has 1 aliphatic heterocycles. The van der Waals surface area contributed by atoms with Crippen molar-refractivity contribution in [3.8, 4) is 0 Å². The molecule has 1 amide bonds. The molecule has 0 unspecified atom stereocenters. The van der Waals surface area contributed by atoms with Gasteiger partial charge in [-0.05, 0) is 35.7 Å². The van der Waals surface area contributed by atoms with Gasteiger partial charge in [-0.15, -0.1) is 6.58 Å². The van der Waals surface area contributed by atoms with Crippen LogP contribution in [-0.4, -0.2) is 13.0 Å². The van der Waals surface area contributed by atoms with Crippen LogP contribution in [0.1, 0.15) is 23.1 Å². The van der Waals surface area contributed by atoms with Gasteiger partial charge in [0, 0.05) is 12.7 Å². The number of rotatable bonds is 3. The topological polar surface area (TPSA) is 20.3 Å². The fraction of sp³-hybridized carbons (Fsp3) is 0.211. The van der Waals surface area contributed by atoms with Crippen LogP contribution in [-0.2, 0) is 16.4 Å². The van der Waals surface area contributed by atoms with Crippen LogP contribution in [0.25, 0.3) is 0 Å². The van der Waals surface area contributed by atoms with Crippen molar-refractivity contribution in [1.82, 2.24) is 0 Å². The quantitative estimate of drug-likeness (QED) is 0.756. The Hall–Kier alpha value is -2.56. The number of anilines is 1. The molecule has 0 spiro atoms. The Morgan fingerprint density at radius 3 is 2.33 bits per heavy atom. The molecule has 2 aromatic carbocycles. The van der Waals surface area contributed by atoms with Crippen molar-refractivity contribution in [1.29, 1.82) is 0 Å². The van der Waals surface area contributed by atoms with Gasteiger partial charge in [0.15, 0.2) is 0 Å². The summed E-state index contributed by atoms with van der Waals surface area (Å²) < 4.78 is 38.5. The van der Waals surface area contributed by atoms with Gasteiger partial charge in [0.1, 0.15) is 5.41 Å². The van der Waals surface area contributed by atoms with Gasteiger partial charge in [-0.3, -0.25) is 4.79 Å². The average Bonchev–Trinajstić information content (AvgIpc) is 2.78. The highest BCUT2D eigenvalue weighted by molar-refractivity contribution is 6.10. The van der Waals surface area contributed by atoms with Crippen molar-refractivity contribution in [2.75, 3.05) is 11.9 Å². The van der Waals surface area contributed by atoms with E-state index >= 15 is 0 Å². The summed E-state index contributed by atoms with van der Waals surface area (Å²) in [6, 6.07) is 12.2. The van der Waals surface area contributed by atoms with E-state index in [9.17, 15) is 18.0 Å². The highest BCUT2D eigenvalue weighted by Gasteiger charge is 2.50. The molecule has 124 valence electrons. The molecule has 2 aromatic rings. The second-order valence-electron chi connectivity index (χ2n) is 5.85. The molecule has 0 aromatic heterocycles. The summed E-state index contributed by atoms with van der Waals surface area (Å²) in [5.74, 6) is -0.164. The number of para-hydroxylation sites is 1. The maximum Gasteiger partial charge on any atom is 0.416 e. The fourth-order valence-electron chi connectivity index (χ4n) is 3.39. The van der Waals surface area contributed by atoms with Gasteiger partial charge < -0.3 is 4.90 Å². The Bertz CT molecular complexity index is 795. The Labute approximate surface area is 138 Å². The SMILES string of the molecule is C=CC[C@]1(c2ccc(C(F)(F)F)cc2)C(=O)N(C)c2ccccc21. The van der Waals surface area contributed by atoms with Gasteiger partial charge in [-0.2, -0.15) is 13.2 Å². The van der Waals surface area contributed by atoms with Gasteiger partial charge in [-0.25, -0.2) is 0 Å². The molecule has 0 N–H and O–H groups in total. The summed E-state index contributed by atoms with van der Waals surface area (Å²) >= 11 is 0. The van der Waals surface area contributed by atoms with E-state index in [2.05, 4.69) is 6.58 Å². The molecular formula is C19H16F3NO. The minimum atomic E-state index is -4.40. The Morgan fingerprint density at radius 2 is 1.75 bits per heavy atom. The maximum absolute atomic E-state index is 13.0. The first kappa shape index (κ1) is 16.3. The van der Waals surface area contributed by atoms with Crippen molar-refractivity contribution >= 4 is 11.6 Å². The number of halogens is 3. The summed E-state index contributed by atoms with van der Waals surface area (Å²) in [7, 11) is 1.68. The first-order valence-corrected chi connectivity index (χ1v) is 7.48. The third-order valence-electron chi connectivity index (χ3n) is 4.55. The summed E-state index contributed by atoms with van der Waals surface area (Å²) in [6.07, 6.45) is -2.46. The van der Waals surface area contributed by atoms with Gasteiger partial charge in [0.05, 0.1) is 5.56 Å². The number of fused-ring (bicyclic) bond motifs is 1. The van der Waals surface area contributed by atoms with E-state index in [0.29, 0.717) is 12.0 Å². The number of carbonyl (C=O) groups excluding carboxylic acids is 1. The summed E-state index contributed by atoms with van der Waals surface area (Å²) in [5.41, 5.74) is 0.336. The minimum absolute atomic E-state index is 0.164. The molecule has 0 radical (unpaired) electrons. The van der Waals surface area contributed by atoms with E-state index in [1.54, 1.807) is 18.0 Å². The van der Waals surface area contributed by atoms with Crippen molar-refractivity contribution < 1.29 is 18.0 Å². The minimum Gasteiger partial charge on any atom is -0.314 e. The van der Waals surface area contributed by atoms with Crippen molar-refractivity contribution in [3.05, 3.63) is 77.9 Å². The van der Waals surface area contributed by atoms with E-state index in [0.717, 1.165) is 23.4 Å². The lowest BCUT2D eigenvalue weighted by atomic mass is 9.72. The number of allylic oxidation sites excluding steroid dienone is 1. The van der Waals surface area contributed by atoms with Crippen LogP contribution in [0.15, 0.2) is 61.2 Å². The predicted octanol–water partition coefficient (Wildman–Crippen LogP) is 4.54. The molecular weight excluding hydrogens is 315 g/mol. The van der Waals surface area contributed by atoms with Gasteiger partial charge in [0.25, 0.3) is 0 Å². The number of benzene rings is 2. The molecule has 0 saturated heterocycles. The Balaban J connectivity index is 2.20. The Kier molecular flexibility index (Phi) is 3.74. The summed E-state index contributed by atoms with van der Waals surface area (Å²) in [5, 5.41) is 0. The molecule has 3 rings (SSSR count). The normalized spacial score (nSPS) is 20.2. The van der Waals surface area contributed by atoms with Crippen LogP contribution in [0.4, 0.5) is 18.9 Å². The van der Waals surface area contributed by atoms with Crippen LogP contribution in [0.3, 0.4) is 0 Å². The van der Waals surface area contributed by atoms with Crippen LogP contribution in [0, 0.1) is 0 Å². The first-order chi connectivity index (χ1) is 11.3. The van der Waals surface area contributed by atoms with Crippen molar-refractivity contribution in [3.63, 3.8) is 0 Å². The molecule has 1 atom stereocenters. The number of likely N-dealkylation sites (N-methyl/N-ethyl adjacent to an activating group) is 1. The number of amides is 1. The zero-order valence-electron chi connectivity index (χ0n) is 13.1. The van der Waals surface area contributed by atoms with Crippen LogP contribution >= 0.6 is 0 Å². The zero-order valence-corrected chi connectivity index (χ0v) is 13.1. The molecule has 24 heavy (non-hydrogen) atoms. The highest BCUT2D eigenvalue weighted by Crippen LogP contribution is 2.48. The van der Waals surface area contributed by atoms with Crippen LogP contribution in [0.2, 0.25) is 0 Å². The average molecular weight is 331 g/mol. The lowest BCUT2D eigenvalue weighted by molar-refractivity contribution is -0.137. The third kappa shape index (κ3) is 2.23. The Morgan fingerprint density at radius 1 is 1.12 bits per heavy atom. The molecule has 1 heterocycles. The molecule has 0 bridgehead atoms. The number of alkyl halides is 3. The van der Waals surface area contributed by atoms with Gasteiger partial charge in [0.2, 0.25) is 5.91 Å². The standard InChI is InChI=1S/C19H16F3NO/c1-3-12-18(13-8-10-14(11-9-13)19(20,21)22)15-6-4-5-7-16(15)23(2)17(18)24/h3-11H,1,12H2,2H3/t18-/m1/s1. The third-order valence-corrected chi connectivity index (χ3v) is 4.55. The van der Waals surface area contributed by atoms with E-state index in [4.69, 9.17) is 0 Å². The largest absolute Gasteiger partial charge is 0.416 e. The monoisotopic (exact) mass is 331 g/mol. The van der Waals surface area contributed by atoms with Crippen molar-refractivity contribution in [2.24, 2.45) is 0 Å². The molecule has 5 heteroatoms.